The van der Waals surface area contributed by atoms with Gasteiger partial charge in [-0.3, -0.25) is 4.79 Å². The van der Waals surface area contributed by atoms with E-state index in [1.807, 2.05) is 31.2 Å². The molecule has 0 atom stereocenters. The lowest BCUT2D eigenvalue weighted by Gasteiger charge is -2.12. The van der Waals surface area contributed by atoms with Gasteiger partial charge in [0.25, 0.3) is 5.56 Å². The van der Waals surface area contributed by atoms with Gasteiger partial charge in [-0.1, -0.05) is 24.3 Å². The summed E-state index contributed by atoms with van der Waals surface area (Å²) < 4.78 is 6.31. The zero-order valence-electron chi connectivity index (χ0n) is 11.9. The SMILES string of the molecule is COCCn1nc(C)c(O)c(-c2ccccc2C)c1=O. The van der Waals surface area contributed by atoms with E-state index in [0.717, 1.165) is 11.1 Å². The molecule has 0 unspecified atom stereocenters. The van der Waals surface area contributed by atoms with Crippen LogP contribution >= 0.6 is 0 Å². The molecule has 106 valence electrons. The molecule has 0 amide bonds. The number of aryl methyl sites for hydroxylation is 2. The molecule has 0 aliphatic carbocycles. The second-order valence-corrected chi connectivity index (χ2v) is 4.65. The molecule has 20 heavy (non-hydrogen) atoms. The van der Waals surface area contributed by atoms with E-state index in [4.69, 9.17) is 4.74 Å². The van der Waals surface area contributed by atoms with E-state index in [2.05, 4.69) is 5.10 Å². The smallest absolute Gasteiger partial charge is 0.278 e. The third-order valence-electron chi connectivity index (χ3n) is 3.22. The Morgan fingerprint density at radius 1 is 1.30 bits per heavy atom. The highest BCUT2D eigenvalue weighted by Gasteiger charge is 2.17. The Hall–Kier alpha value is -2.14. The number of hydrogen-bond donors (Lipinski definition) is 1. The molecule has 0 saturated carbocycles. The second kappa shape index (κ2) is 5.88. The van der Waals surface area contributed by atoms with Crippen LogP contribution in [0.15, 0.2) is 29.1 Å². The van der Waals surface area contributed by atoms with Crippen LogP contribution in [0.5, 0.6) is 5.75 Å². The molecule has 0 spiro atoms. The van der Waals surface area contributed by atoms with Gasteiger partial charge in [0.05, 0.1) is 18.7 Å². The first kappa shape index (κ1) is 14.3. The lowest BCUT2D eigenvalue weighted by molar-refractivity contribution is 0.181. The van der Waals surface area contributed by atoms with Gasteiger partial charge in [-0.25, -0.2) is 4.68 Å². The van der Waals surface area contributed by atoms with Crippen LogP contribution < -0.4 is 5.56 Å². The van der Waals surface area contributed by atoms with E-state index in [1.165, 1.54) is 4.68 Å². The number of hydrogen-bond acceptors (Lipinski definition) is 4. The average Bonchev–Trinajstić information content (AvgIpc) is 2.43. The molecule has 5 nitrogen and oxygen atoms in total. The first-order valence-electron chi connectivity index (χ1n) is 6.42. The van der Waals surface area contributed by atoms with Crippen LogP contribution in [-0.4, -0.2) is 28.6 Å². The zero-order valence-corrected chi connectivity index (χ0v) is 11.9. The van der Waals surface area contributed by atoms with Crippen molar-refractivity contribution in [2.45, 2.75) is 20.4 Å². The van der Waals surface area contributed by atoms with Gasteiger partial charge in [0.2, 0.25) is 0 Å². The molecule has 0 saturated heterocycles. The van der Waals surface area contributed by atoms with Crippen LogP contribution in [0, 0.1) is 13.8 Å². The molecule has 0 aliphatic rings. The second-order valence-electron chi connectivity index (χ2n) is 4.65. The van der Waals surface area contributed by atoms with Gasteiger partial charge in [-0.2, -0.15) is 5.10 Å². The summed E-state index contributed by atoms with van der Waals surface area (Å²) in [5.41, 5.74) is 2.08. The van der Waals surface area contributed by atoms with E-state index in [0.29, 0.717) is 24.4 Å². The molecule has 1 aromatic carbocycles. The highest BCUT2D eigenvalue weighted by molar-refractivity contribution is 5.72. The van der Waals surface area contributed by atoms with E-state index in [1.54, 1.807) is 14.0 Å². The lowest BCUT2D eigenvalue weighted by atomic mass is 10.0. The summed E-state index contributed by atoms with van der Waals surface area (Å²) in [6, 6.07) is 7.47. The lowest BCUT2D eigenvalue weighted by Crippen LogP contribution is -2.27. The maximum Gasteiger partial charge on any atom is 0.278 e. The first-order valence-corrected chi connectivity index (χ1v) is 6.42. The van der Waals surface area contributed by atoms with Gasteiger partial charge in [0.1, 0.15) is 5.69 Å². The highest BCUT2D eigenvalue weighted by Crippen LogP contribution is 2.29. The number of rotatable bonds is 4. The molecule has 5 heteroatoms. The van der Waals surface area contributed by atoms with E-state index in [9.17, 15) is 9.90 Å². The molecular formula is C15H18N2O3. The van der Waals surface area contributed by atoms with Crippen molar-refractivity contribution in [1.82, 2.24) is 9.78 Å². The first-order chi connectivity index (χ1) is 9.56. The van der Waals surface area contributed by atoms with Crippen LogP contribution in [0.3, 0.4) is 0 Å². The number of ether oxygens (including phenoxy) is 1. The molecule has 1 heterocycles. The largest absolute Gasteiger partial charge is 0.505 e. The summed E-state index contributed by atoms with van der Waals surface area (Å²) in [6.07, 6.45) is 0. The Kier molecular flexibility index (Phi) is 4.20. The van der Waals surface area contributed by atoms with Gasteiger partial charge >= 0.3 is 0 Å². The fourth-order valence-corrected chi connectivity index (χ4v) is 2.11. The monoisotopic (exact) mass is 274 g/mol. The van der Waals surface area contributed by atoms with Crippen molar-refractivity contribution in [1.29, 1.82) is 0 Å². The standard InChI is InChI=1S/C15H18N2O3/c1-10-6-4-5-7-12(10)13-14(18)11(2)16-17(15(13)19)8-9-20-3/h4-7,18H,8-9H2,1-3H3. The maximum atomic E-state index is 12.5. The Bertz CT molecular complexity index is 677. The van der Waals surface area contributed by atoms with Crippen molar-refractivity contribution in [3.8, 4) is 16.9 Å². The number of aromatic hydroxyl groups is 1. The van der Waals surface area contributed by atoms with Gasteiger partial charge in [0, 0.05) is 7.11 Å². The maximum absolute atomic E-state index is 12.5. The summed E-state index contributed by atoms with van der Waals surface area (Å²) in [6.45, 7) is 4.34. The average molecular weight is 274 g/mol. The highest BCUT2D eigenvalue weighted by atomic mass is 16.5. The zero-order chi connectivity index (χ0) is 14.7. The van der Waals surface area contributed by atoms with Crippen LogP contribution in [-0.2, 0) is 11.3 Å². The fourth-order valence-electron chi connectivity index (χ4n) is 2.11. The summed E-state index contributed by atoms with van der Waals surface area (Å²) in [5, 5.41) is 14.3. The predicted molar refractivity (Wildman–Crippen MR) is 76.9 cm³/mol. The topological polar surface area (TPSA) is 64.3 Å². The van der Waals surface area contributed by atoms with Gasteiger partial charge in [0.15, 0.2) is 5.75 Å². The summed E-state index contributed by atoms with van der Waals surface area (Å²) >= 11 is 0. The quantitative estimate of drug-likeness (QED) is 0.924. The molecule has 2 aromatic rings. The van der Waals surface area contributed by atoms with Crippen molar-refractivity contribution in [2.24, 2.45) is 0 Å². The Morgan fingerprint density at radius 2 is 2.00 bits per heavy atom. The summed E-state index contributed by atoms with van der Waals surface area (Å²) in [7, 11) is 1.57. The Morgan fingerprint density at radius 3 is 2.65 bits per heavy atom. The molecule has 1 aromatic heterocycles. The number of benzene rings is 1. The molecule has 0 radical (unpaired) electrons. The third-order valence-corrected chi connectivity index (χ3v) is 3.22. The Balaban J connectivity index is 2.66. The molecule has 1 N–H and O–H groups in total. The van der Waals surface area contributed by atoms with Crippen molar-refractivity contribution in [2.75, 3.05) is 13.7 Å². The van der Waals surface area contributed by atoms with Crippen LogP contribution in [0.25, 0.3) is 11.1 Å². The molecule has 0 aliphatic heterocycles. The molecule has 0 fully saturated rings. The van der Waals surface area contributed by atoms with Crippen molar-refractivity contribution >= 4 is 0 Å². The van der Waals surface area contributed by atoms with Crippen molar-refractivity contribution in [3.05, 3.63) is 45.9 Å². The van der Waals surface area contributed by atoms with Crippen LogP contribution in [0.4, 0.5) is 0 Å². The van der Waals surface area contributed by atoms with Crippen molar-refractivity contribution < 1.29 is 9.84 Å². The number of methoxy groups -OCH3 is 1. The normalized spacial score (nSPS) is 10.8. The third kappa shape index (κ3) is 2.58. The minimum Gasteiger partial charge on any atom is -0.505 e. The minimum atomic E-state index is -0.306. The van der Waals surface area contributed by atoms with Crippen LogP contribution in [0.1, 0.15) is 11.3 Å². The minimum absolute atomic E-state index is 0.0574. The van der Waals surface area contributed by atoms with E-state index >= 15 is 0 Å². The number of aromatic nitrogens is 2. The predicted octanol–water partition coefficient (Wildman–Crippen LogP) is 1.88. The Labute approximate surface area is 117 Å². The number of nitrogens with zero attached hydrogens (tertiary/aromatic N) is 2. The molecular weight excluding hydrogens is 256 g/mol. The summed E-state index contributed by atoms with van der Waals surface area (Å²) in [4.78, 5) is 12.5. The van der Waals surface area contributed by atoms with Gasteiger partial charge < -0.3 is 9.84 Å². The molecule has 0 bridgehead atoms. The molecule has 2 rings (SSSR count). The fraction of sp³-hybridized carbons (Fsp3) is 0.333. The van der Waals surface area contributed by atoms with Crippen molar-refractivity contribution in [3.63, 3.8) is 0 Å². The van der Waals surface area contributed by atoms with Crippen LogP contribution in [0.2, 0.25) is 0 Å². The summed E-state index contributed by atoms with van der Waals surface area (Å²) in [5.74, 6) is -0.0574. The van der Waals surface area contributed by atoms with E-state index < -0.39 is 0 Å². The van der Waals surface area contributed by atoms with Gasteiger partial charge in [-0.05, 0) is 25.0 Å². The van der Waals surface area contributed by atoms with Gasteiger partial charge in [-0.15, -0.1) is 0 Å². The van der Waals surface area contributed by atoms with E-state index in [-0.39, 0.29) is 11.3 Å².